The molecule has 0 atom stereocenters. The van der Waals surface area contributed by atoms with Crippen molar-refractivity contribution in [1.29, 1.82) is 0 Å². The zero-order chi connectivity index (χ0) is 13.3. The maximum atomic E-state index is 6.00. The molecule has 2 heteroatoms. The third-order valence-corrected chi connectivity index (χ3v) is 3.89. The first-order valence-electron chi connectivity index (χ1n) is 7.83. The first-order chi connectivity index (χ1) is 9.40. The maximum absolute atomic E-state index is 6.00. The van der Waals surface area contributed by atoms with Crippen LogP contribution in [0.25, 0.3) is 0 Å². The molecule has 106 valence electrons. The minimum atomic E-state index is 0.823. The molecule has 2 nitrogen and oxygen atoms in total. The average molecular weight is 261 g/mol. The third-order valence-electron chi connectivity index (χ3n) is 3.89. The zero-order valence-electron chi connectivity index (χ0n) is 12.2. The molecule has 1 heterocycles. The lowest BCUT2D eigenvalue weighted by molar-refractivity contribution is 0.182. The Labute approximate surface area is 117 Å². The number of piperidine rings is 1. The second kappa shape index (κ2) is 8.21. The summed E-state index contributed by atoms with van der Waals surface area (Å²) in [5.74, 6) is 1.09. The van der Waals surface area contributed by atoms with E-state index in [-0.39, 0.29) is 0 Å². The molecule has 0 aromatic heterocycles. The van der Waals surface area contributed by atoms with Crippen LogP contribution in [0.1, 0.15) is 44.6 Å². The lowest BCUT2D eigenvalue weighted by atomic mass is 10.1. The predicted molar refractivity (Wildman–Crippen MR) is 80.8 cm³/mol. The van der Waals surface area contributed by atoms with Crippen LogP contribution in [-0.4, -0.2) is 31.1 Å². The predicted octanol–water partition coefficient (Wildman–Crippen LogP) is 3.89. The van der Waals surface area contributed by atoms with Crippen molar-refractivity contribution in [2.24, 2.45) is 0 Å². The largest absolute Gasteiger partial charge is 0.492 e. The van der Waals surface area contributed by atoms with Gasteiger partial charge in [-0.15, -0.1) is 0 Å². The van der Waals surface area contributed by atoms with E-state index in [0.29, 0.717) is 0 Å². The Bertz CT molecular complexity index is 358. The van der Waals surface area contributed by atoms with Crippen LogP contribution >= 0.6 is 0 Å². The van der Waals surface area contributed by atoms with E-state index in [2.05, 4.69) is 36.1 Å². The van der Waals surface area contributed by atoms with Crippen LogP contribution in [0, 0.1) is 0 Å². The van der Waals surface area contributed by atoms with Crippen LogP contribution in [0.2, 0.25) is 0 Å². The Hall–Kier alpha value is -1.02. The lowest BCUT2D eigenvalue weighted by Gasteiger charge is -2.26. The fourth-order valence-electron chi connectivity index (χ4n) is 2.69. The summed E-state index contributed by atoms with van der Waals surface area (Å²) in [5, 5.41) is 0. The van der Waals surface area contributed by atoms with E-state index in [9.17, 15) is 0 Å². The monoisotopic (exact) mass is 261 g/mol. The molecule has 2 rings (SSSR count). The highest BCUT2D eigenvalue weighted by atomic mass is 16.5. The van der Waals surface area contributed by atoms with Crippen molar-refractivity contribution in [3.8, 4) is 5.75 Å². The van der Waals surface area contributed by atoms with Gasteiger partial charge in [-0.1, -0.05) is 38.0 Å². The van der Waals surface area contributed by atoms with Crippen molar-refractivity contribution in [3.05, 3.63) is 29.8 Å². The van der Waals surface area contributed by atoms with Crippen LogP contribution in [0.4, 0.5) is 0 Å². The van der Waals surface area contributed by atoms with Crippen molar-refractivity contribution >= 4 is 0 Å². The minimum Gasteiger partial charge on any atom is -0.492 e. The van der Waals surface area contributed by atoms with Crippen LogP contribution in [0.3, 0.4) is 0 Å². The number of aryl methyl sites for hydroxylation is 1. The van der Waals surface area contributed by atoms with Crippen molar-refractivity contribution in [1.82, 2.24) is 4.90 Å². The highest BCUT2D eigenvalue weighted by Gasteiger charge is 2.10. The molecule has 0 unspecified atom stereocenters. The van der Waals surface area contributed by atoms with Crippen molar-refractivity contribution in [2.75, 3.05) is 26.2 Å². The molecule has 1 aromatic rings. The van der Waals surface area contributed by atoms with Crippen molar-refractivity contribution in [3.63, 3.8) is 0 Å². The second-order valence-corrected chi connectivity index (χ2v) is 5.46. The number of para-hydroxylation sites is 1. The zero-order valence-corrected chi connectivity index (χ0v) is 12.2. The maximum Gasteiger partial charge on any atom is 0.122 e. The van der Waals surface area contributed by atoms with Gasteiger partial charge in [0.15, 0.2) is 0 Å². The Kier molecular flexibility index (Phi) is 6.22. The average Bonchev–Trinajstić information content (AvgIpc) is 2.47. The highest BCUT2D eigenvalue weighted by molar-refractivity contribution is 5.33. The number of benzene rings is 1. The van der Waals surface area contributed by atoms with Gasteiger partial charge in [0, 0.05) is 6.54 Å². The fourth-order valence-corrected chi connectivity index (χ4v) is 2.69. The number of nitrogens with zero attached hydrogens (tertiary/aromatic N) is 1. The van der Waals surface area contributed by atoms with Crippen LogP contribution in [0.5, 0.6) is 5.75 Å². The normalized spacial score (nSPS) is 16.5. The molecule has 0 saturated carbocycles. The van der Waals surface area contributed by atoms with E-state index < -0.39 is 0 Å². The quantitative estimate of drug-likeness (QED) is 0.738. The molecule has 0 N–H and O–H groups in total. The van der Waals surface area contributed by atoms with Gasteiger partial charge >= 0.3 is 0 Å². The molecule has 0 spiro atoms. The Morgan fingerprint density at radius 2 is 1.89 bits per heavy atom. The van der Waals surface area contributed by atoms with E-state index in [1.54, 1.807) is 0 Å². The molecule has 0 radical (unpaired) electrons. The second-order valence-electron chi connectivity index (χ2n) is 5.46. The van der Waals surface area contributed by atoms with E-state index in [1.807, 2.05) is 0 Å². The van der Waals surface area contributed by atoms with Crippen molar-refractivity contribution < 1.29 is 4.74 Å². The summed E-state index contributed by atoms with van der Waals surface area (Å²) in [7, 11) is 0. The number of unbranched alkanes of at least 4 members (excludes halogenated alkanes) is 1. The van der Waals surface area contributed by atoms with Crippen LogP contribution in [-0.2, 0) is 6.42 Å². The van der Waals surface area contributed by atoms with Gasteiger partial charge in [-0.05, 0) is 50.4 Å². The molecule has 1 aliphatic rings. The summed E-state index contributed by atoms with van der Waals surface area (Å²) < 4.78 is 6.00. The summed E-state index contributed by atoms with van der Waals surface area (Å²) in [4.78, 5) is 2.53. The highest BCUT2D eigenvalue weighted by Crippen LogP contribution is 2.20. The smallest absolute Gasteiger partial charge is 0.122 e. The van der Waals surface area contributed by atoms with E-state index >= 15 is 0 Å². The first-order valence-corrected chi connectivity index (χ1v) is 7.83. The van der Waals surface area contributed by atoms with Crippen LogP contribution in [0.15, 0.2) is 24.3 Å². The SMILES string of the molecule is CCCCc1ccccc1OCCN1CCCCC1. The first kappa shape index (κ1) is 14.4. The van der Waals surface area contributed by atoms with Gasteiger partial charge in [0.1, 0.15) is 12.4 Å². The lowest BCUT2D eigenvalue weighted by Crippen LogP contribution is -2.33. The Morgan fingerprint density at radius 3 is 2.68 bits per heavy atom. The molecule has 0 aliphatic carbocycles. The van der Waals surface area contributed by atoms with Gasteiger partial charge in [-0.25, -0.2) is 0 Å². The number of likely N-dealkylation sites (tertiary alicyclic amines) is 1. The van der Waals surface area contributed by atoms with Crippen molar-refractivity contribution in [2.45, 2.75) is 45.4 Å². The minimum absolute atomic E-state index is 0.823. The summed E-state index contributed by atoms with van der Waals surface area (Å²) in [6.07, 6.45) is 7.72. The molecule has 1 saturated heterocycles. The van der Waals surface area contributed by atoms with Crippen LogP contribution < -0.4 is 4.74 Å². The van der Waals surface area contributed by atoms with Gasteiger partial charge in [-0.3, -0.25) is 4.90 Å². The summed E-state index contributed by atoms with van der Waals surface area (Å²) in [6, 6.07) is 8.50. The van der Waals surface area contributed by atoms with E-state index in [0.717, 1.165) is 25.3 Å². The van der Waals surface area contributed by atoms with E-state index in [4.69, 9.17) is 4.74 Å². The fraction of sp³-hybridized carbons (Fsp3) is 0.647. The Morgan fingerprint density at radius 1 is 1.11 bits per heavy atom. The molecule has 1 aromatic carbocycles. The topological polar surface area (TPSA) is 12.5 Å². The van der Waals surface area contributed by atoms with E-state index in [1.165, 1.54) is 50.8 Å². The number of hydrogen-bond acceptors (Lipinski definition) is 2. The third kappa shape index (κ3) is 4.87. The van der Waals surface area contributed by atoms with Gasteiger partial charge in [-0.2, -0.15) is 0 Å². The molecule has 1 aliphatic heterocycles. The number of ether oxygens (including phenoxy) is 1. The molecule has 1 fully saturated rings. The van der Waals surface area contributed by atoms with Gasteiger partial charge in [0.05, 0.1) is 0 Å². The Balaban J connectivity index is 1.77. The summed E-state index contributed by atoms with van der Waals surface area (Å²) in [6.45, 7) is 6.63. The summed E-state index contributed by atoms with van der Waals surface area (Å²) >= 11 is 0. The molecule has 0 amide bonds. The van der Waals surface area contributed by atoms with Gasteiger partial charge in [0.25, 0.3) is 0 Å². The molecular formula is C17H27NO. The summed E-state index contributed by atoms with van der Waals surface area (Å²) in [5.41, 5.74) is 1.36. The van der Waals surface area contributed by atoms with Gasteiger partial charge < -0.3 is 4.74 Å². The molecule has 19 heavy (non-hydrogen) atoms. The molecule has 0 bridgehead atoms. The molecular weight excluding hydrogens is 234 g/mol. The number of hydrogen-bond donors (Lipinski definition) is 0. The number of rotatable bonds is 7. The van der Waals surface area contributed by atoms with Gasteiger partial charge in [0.2, 0.25) is 0 Å². The standard InChI is InChI=1S/C17H27NO/c1-2-3-9-16-10-5-6-11-17(16)19-15-14-18-12-7-4-8-13-18/h5-6,10-11H,2-4,7-9,12-15H2,1H3.